The Morgan fingerprint density at radius 2 is 2.05 bits per heavy atom. The van der Waals surface area contributed by atoms with E-state index in [0.29, 0.717) is 11.8 Å². The van der Waals surface area contributed by atoms with Crippen LogP contribution in [0.5, 0.6) is 0 Å². The summed E-state index contributed by atoms with van der Waals surface area (Å²) in [7, 11) is 0. The first-order valence-electron chi connectivity index (χ1n) is 7.20. The molecule has 5 nitrogen and oxygen atoms in total. The molecule has 2 heterocycles. The lowest BCUT2D eigenvalue weighted by Gasteiger charge is -2.07. The molecule has 0 aliphatic rings. The lowest BCUT2D eigenvalue weighted by atomic mass is 10.1. The van der Waals surface area contributed by atoms with Crippen LogP contribution >= 0.6 is 0 Å². The lowest BCUT2D eigenvalue weighted by molar-refractivity contribution is 0.423. The molecule has 3 aromatic rings. The van der Waals surface area contributed by atoms with Gasteiger partial charge in [0.15, 0.2) is 0 Å². The molecule has 21 heavy (non-hydrogen) atoms. The number of rotatable bonds is 5. The number of pyridine rings is 1. The van der Waals surface area contributed by atoms with Gasteiger partial charge in [0.25, 0.3) is 0 Å². The highest BCUT2D eigenvalue weighted by Gasteiger charge is 2.15. The van der Waals surface area contributed by atoms with E-state index in [-0.39, 0.29) is 6.04 Å². The highest BCUT2D eigenvalue weighted by molar-refractivity contribution is 5.91. The third kappa shape index (κ3) is 2.78. The van der Waals surface area contributed by atoms with Crippen molar-refractivity contribution >= 4 is 10.9 Å². The van der Waals surface area contributed by atoms with Crippen LogP contribution in [0.1, 0.15) is 32.2 Å². The Bertz CT molecular complexity index is 732. The van der Waals surface area contributed by atoms with Crippen LogP contribution in [0.15, 0.2) is 40.9 Å². The molecule has 0 radical (unpaired) electrons. The molecule has 1 N–H and O–H groups in total. The smallest absolute Gasteiger partial charge is 0.248 e. The maximum absolute atomic E-state index is 5.82. The van der Waals surface area contributed by atoms with Crippen molar-refractivity contribution in [2.75, 3.05) is 6.54 Å². The standard InChI is InChI=1S/C16H18N4O/c1-3-9-17-11(2)15-19-20-16(21-15)13-8-10-18-14-7-5-4-6-12(13)14/h4-8,10-11,17H,3,9H2,1-2H3. The molecule has 1 aromatic carbocycles. The van der Waals surface area contributed by atoms with Gasteiger partial charge in [-0.1, -0.05) is 25.1 Å². The molecule has 1 unspecified atom stereocenters. The molecule has 0 saturated heterocycles. The average Bonchev–Trinajstić information content (AvgIpc) is 3.02. The van der Waals surface area contributed by atoms with Gasteiger partial charge >= 0.3 is 0 Å². The summed E-state index contributed by atoms with van der Waals surface area (Å²) in [5.74, 6) is 1.15. The third-order valence-corrected chi connectivity index (χ3v) is 3.39. The molecule has 0 saturated carbocycles. The number of hydrogen-bond acceptors (Lipinski definition) is 5. The zero-order valence-corrected chi connectivity index (χ0v) is 12.2. The van der Waals surface area contributed by atoms with E-state index < -0.39 is 0 Å². The molecule has 0 aliphatic carbocycles. The van der Waals surface area contributed by atoms with Crippen LogP contribution in [-0.4, -0.2) is 21.7 Å². The first-order chi connectivity index (χ1) is 10.3. The number of hydrogen-bond donors (Lipinski definition) is 1. The van der Waals surface area contributed by atoms with Crippen LogP contribution in [0.3, 0.4) is 0 Å². The molecular weight excluding hydrogens is 264 g/mol. The Hall–Kier alpha value is -2.27. The molecule has 0 amide bonds. The van der Waals surface area contributed by atoms with Crippen LogP contribution in [0.2, 0.25) is 0 Å². The van der Waals surface area contributed by atoms with Gasteiger partial charge in [-0.3, -0.25) is 4.98 Å². The van der Waals surface area contributed by atoms with E-state index in [9.17, 15) is 0 Å². The molecule has 1 atom stereocenters. The Morgan fingerprint density at radius 1 is 1.19 bits per heavy atom. The fourth-order valence-corrected chi connectivity index (χ4v) is 2.25. The van der Waals surface area contributed by atoms with Crippen molar-refractivity contribution in [3.8, 4) is 11.5 Å². The molecule has 108 valence electrons. The number of fused-ring (bicyclic) bond motifs is 1. The third-order valence-electron chi connectivity index (χ3n) is 3.39. The number of aromatic nitrogens is 3. The number of benzene rings is 1. The van der Waals surface area contributed by atoms with E-state index in [4.69, 9.17) is 4.42 Å². The minimum absolute atomic E-state index is 0.0549. The SMILES string of the molecule is CCCNC(C)c1nnc(-c2ccnc3ccccc23)o1. The summed E-state index contributed by atoms with van der Waals surface area (Å²) in [6.07, 6.45) is 2.83. The largest absolute Gasteiger partial charge is 0.419 e. The Labute approximate surface area is 123 Å². The Morgan fingerprint density at radius 3 is 2.90 bits per heavy atom. The minimum Gasteiger partial charge on any atom is -0.419 e. The zero-order valence-electron chi connectivity index (χ0n) is 12.2. The predicted molar refractivity (Wildman–Crippen MR) is 81.7 cm³/mol. The lowest BCUT2D eigenvalue weighted by Crippen LogP contribution is -2.19. The van der Waals surface area contributed by atoms with Gasteiger partial charge in [-0.2, -0.15) is 0 Å². The van der Waals surface area contributed by atoms with Gasteiger partial charge in [-0.15, -0.1) is 10.2 Å². The number of para-hydroxylation sites is 1. The monoisotopic (exact) mass is 282 g/mol. The van der Waals surface area contributed by atoms with Crippen LogP contribution in [0.25, 0.3) is 22.4 Å². The normalized spacial score (nSPS) is 12.7. The molecule has 0 bridgehead atoms. The maximum Gasteiger partial charge on any atom is 0.248 e. The van der Waals surface area contributed by atoms with Crippen LogP contribution < -0.4 is 5.32 Å². The van der Waals surface area contributed by atoms with E-state index in [1.807, 2.05) is 37.3 Å². The predicted octanol–water partition coefficient (Wildman–Crippen LogP) is 3.35. The van der Waals surface area contributed by atoms with E-state index >= 15 is 0 Å². The van der Waals surface area contributed by atoms with Crippen molar-refractivity contribution in [2.24, 2.45) is 0 Å². The minimum atomic E-state index is 0.0549. The van der Waals surface area contributed by atoms with Crippen LogP contribution in [0.4, 0.5) is 0 Å². The van der Waals surface area contributed by atoms with E-state index in [0.717, 1.165) is 29.4 Å². The summed E-state index contributed by atoms with van der Waals surface area (Å²) in [6, 6.07) is 9.90. The second-order valence-corrected chi connectivity index (χ2v) is 5.00. The number of nitrogens with one attached hydrogen (secondary N) is 1. The molecule has 0 fully saturated rings. The van der Waals surface area contributed by atoms with Gasteiger partial charge in [-0.05, 0) is 32.0 Å². The van der Waals surface area contributed by atoms with Crippen molar-refractivity contribution in [1.29, 1.82) is 0 Å². The highest BCUT2D eigenvalue weighted by Crippen LogP contribution is 2.27. The highest BCUT2D eigenvalue weighted by atomic mass is 16.4. The fourth-order valence-electron chi connectivity index (χ4n) is 2.25. The van der Waals surface area contributed by atoms with Gasteiger partial charge in [0.05, 0.1) is 11.6 Å². The summed E-state index contributed by atoms with van der Waals surface area (Å²) in [5.41, 5.74) is 1.84. The van der Waals surface area contributed by atoms with Gasteiger partial charge in [0.1, 0.15) is 0 Å². The second-order valence-electron chi connectivity index (χ2n) is 5.00. The fraction of sp³-hybridized carbons (Fsp3) is 0.312. The van der Waals surface area contributed by atoms with Crippen molar-refractivity contribution in [2.45, 2.75) is 26.3 Å². The molecule has 0 aliphatic heterocycles. The van der Waals surface area contributed by atoms with Gasteiger partial charge in [0, 0.05) is 17.1 Å². The van der Waals surface area contributed by atoms with Crippen LogP contribution in [0, 0.1) is 0 Å². The maximum atomic E-state index is 5.82. The van der Waals surface area contributed by atoms with Crippen molar-refractivity contribution < 1.29 is 4.42 Å². The van der Waals surface area contributed by atoms with E-state index in [1.54, 1.807) is 6.20 Å². The topological polar surface area (TPSA) is 63.8 Å². The first-order valence-corrected chi connectivity index (χ1v) is 7.20. The van der Waals surface area contributed by atoms with Crippen molar-refractivity contribution in [3.63, 3.8) is 0 Å². The van der Waals surface area contributed by atoms with Crippen molar-refractivity contribution in [1.82, 2.24) is 20.5 Å². The number of nitrogens with zero attached hydrogens (tertiary/aromatic N) is 3. The summed E-state index contributed by atoms with van der Waals surface area (Å²) < 4.78 is 5.82. The molecule has 3 rings (SSSR count). The molecular formula is C16H18N4O. The van der Waals surface area contributed by atoms with Crippen molar-refractivity contribution in [3.05, 3.63) is 42.4 Å². The molecule has 5 heteroatoms. The Kier molecular flexibility index (Phi) is 3.92. The average molecular weight is 282 g/mol. The summed E-state index contributed by atoms with van der Waals surface area (Å²) in [6.45, 7) is 5.08. The second kappa shape index (κ2) is 6.01. The summed E-state index contributed by atoms with van der Waals surface area (Å²) in [5, 5.41) is 12.7. The summed E-state index contributed by atoms with van der Waals surface area (Å²) >= 11 is 0. The van der Waals surface area contributed by atoms with Gasteiger partial charge in [0.2, 0.25) is 11.8 Å². The van der Waals surface area contributed by atoms with Gasteiger partial charge in [-0.25, -0.2) is 0 Å². The first kappa shape index (κ1) is 13.7. The van der Waals surface area contributed by atoms with E-state index in [2.05, 4.69) is 27.4 Å². The quantitative estimate of drug-likeness (QED) is 0.777. The van der Waals surface area contributed by atoms with Crippen LogP contribution in [-0.2, 0) is 0 Å². The summed E-state index contributed by atoms with van der Waals surface area (Å²) in [4.78, 5) is 4.35. The Balaban J connectivity index is 1.95. The van der Waals surface area contributed by atoms with Gasteiger partial charge < -0.3 is 9.73 Å². The van der Waals surface area contributed by atoms with E-state index in [1.165, 1.54) is 0 Å². The molecule has 2 aromatic heterocycles. The molecule has 0 spiro atoms. The zero-order chi connectivity index (χ0) is 14.7.